The van der Waals surface area contributed by atoms with Gasteiger partial charge in [0, 0.05) is 16.4 Å². The third-order valence-electron chi connectivity index (χ3n) is 2.59. The zero-order chi connectivity index (χ0) is 9.80. The van der Waals surface area contributed by atoms with Crippen LogP contribution in [0.25, 0.3) is 0 Å². The Kier molecular flexibility index (Phi) is 3.96. The second kappa shape index (κ2) is 5.24. The molecule has 78 valence electrons. The maximum absolute atomic E-state index is 4.33. The maximum atomic E-state index is 4.33. The highest BCUT2D eigenvalue weighted by Gasteiger charge is 2.15. The summed E-state index contributed by atoms with van der Waals surface area (Å²) >= 11 is 5.46. The van der Waals surface area contributed by atoms with Crippen LogP contribution in [0, 0.1) is 0 Å². The van der Waals surface area contributed by atoms with Crippen LogP contribution in [0.3, 0.4) is 0 Å². The Morgan fingerprint density at radius 3 is 3.21 bits per heavy atom. The zero-order valence-electron chi connectivity index (χ0n) is 8.16. The highest BCUT2D eigenvalue weighted by Crippen LogP contribution is 2.19. The Morgan fingerprint density at radius 2 is 2.43 bits per heavy atom. The molecule has 2 heterocycles. The summed E-state index contributed by atoms with van der Waals surface area (Å²) in [5.41, 5.74) is 0. The number of likely N-dealkylation sites (tertiary alicyclic amines) is 1. The topological polar surface area (TPSA) is 16.1 Å². The summed E-state index contributed by atoms with van der Waals surface area (Å²) in [6, 6.07) is 0. The van der Waals surface area contributed by atoms with Crippen molar-refractivity contribution in [2.24, 2.45) is 0 Å². The molecule has 1 aromatic heterocycles. The highest BCUT2D eigenvalue weighted by molar-refractivity contribution is 9.09. The first kappa shape index (κ1) is 10.6. The second-order valence-electron chi connectivity index (χ2n) is 3.73. The SMILES string of the molecule is BrC1CCCN(Cc2nccs2)CC1. The van der Waals surface area contributed by atoms with Crippen LogP contribution in [0.2, 0.25) is 0 Å². The summed E-state index contributed by atoms with van der Waals surface area (Å²) in [5.74, 6) is 0. The van der Waals surface area contributed by atoms with Crippen LogP contribution < -0.4 is 0 Å². The van der Waals surface area contributed by atoms with Crippen molar-refractivity contribution in [2.45, 2.75) is 30.6 Å². The fraction of sp³-hybridized carbons (Fsp3) is 0.700. The maximum Gasteiger partial charge on any atom is 0.107 e. The van der Waals surface area contributed by atoms with Gasteiger partial charge in [-0.05, 0) is 32.4 Å². The van der Waals surface area contributed by atoms with E-state index in [-0.39, 0.29) is 0 Å². The number of alkyl halides is 1. The summed E-state index contributed by atoms with van der Waals surface area (Å²) in [6.07, 6.45) is 5.78. The van der Waals surface area contributed by atoms with Crippen LogP contribution in [0.5, 0.6) is 0 Å². The minimum Gasteiger partial charge on any atom is -0.297 e. The molecule has 1 aromatic rings. The van der Waals surface area contributed by atoms with Crippen LogP contribution in [0.15, 0.2) is 11.6 Å². The third-order valence-corrected chi connectivity index (χ3v) is 4.27. The van der Waals surface area contributed by atoms with Crippen molar-refractivity contribution in [3.63, 3.8) is 0 Å². The Morgan fingerprint density at radius 1 is 1.50 bits per heavy atom. The van der Waals surface area contributed by atoms with Crippen molar-refractivity contribution in [3.05, 3.63) is 16.6 Å². The number of aromatic nitrogens is 1. The summed E-state index contributed by atoms with van der Waals surface area (Å²) in [7, 11) is 0. The molecule has 1 saturated heterocycles. The van der Waals surface area contributed by atoms with E-state index in [2.05, 4.69) is 31.2 Å². The molecule has 1 atom stereocenters. The summed E-state index contributed by atoms with van der Waals surface area (Å²) in [6.45, 7) is 3.47. The lowest BCUT2D eigenvalue weighted by molar-refractivity contribution is 0.277. The van der Waals surface area contributed by atoms with Gasteiger partial charge in [0.2, 0.25) is 0 Å². The summed E-state index contributed by atoms with van der Waals surface area (Å²) in [4.78, 5) is 7.56. The number of halogens is 1. The number of hydrogen-bond acceptors (Lipinski definition) is 3. The standard InChI is InChI=1S/C10H15BrN2S/c11-9-2-1-5-13(6-3-9)8-10-12-4-7-14-10/h4,7,9H,1-3,5-6,8H2. The van der Waals surface area contributed by atoms with Gasteiger partial charge in [0.15, 0.2) is 0 Å². The van der Waals surface area contributed by atoms with Crippen LogP contribution in [-0.2, 0) is 6.54 Å². The average Bonchev–Trinajstić information content (AvgIpc) is 2.58. The zero-order valence-corrected chi connectivity index (χ0v) is 10.6. The van der Waals surface area contributed by atoms with Gasteiger partial charge < -0.3 is 0 Å². The van der Waals surface area contributed by atoms with Crippen molar-refractivity contribution in [1.29, 1.82) is 0 Å². The predicted octanol–water partition coefficient (Wildman–Crippen LogP) is 2.89. The molecule has 1 unspecified atom stereocenters. The fourth-order valence-electron chi connectivity index (χ4n) is 1.80. The molecule has 14 heavy (non-hydrogen) atoms. The van der Waals surface area contributed by atoms with Crippen LogP contribution in [0.4, 0.5) is 0 Å². The molecule has 0 aliphatic carbocycles. The van der Waals surface area contributed by atoms with Crippen molar-refractivity contribution in [1.82, 2.24) is 9.88 Å². The molecule has 0 radical (unpaired) electrons. The van der Waals surface area contributed by atoms with Gasteiger partial charge in [0.05, 0.1) is 6.54 Å². The minimum absolute atomic E-state index is 0.726. The van der Waals surface area contributed by atoms with Crippen LogP contribution in [-0.4, -0.2) is 27.8 Å². The largest absolute Gasteiger partial charge is 0.297 e. The average molecular weight is 275 g/mol. The predicted molar refractivity (Wildman–Crippen MR) is 64.0 cm³/mol. The van der Waals surface area contributed by atoms with E-state index in [0.29, 0.717) is 0 Å². The van der Waals surface area contributed by atoms with E-state index >= 15 is 0 Å². The van der Waals surface area contributed by atoms with E-state index in [4.69, 9.17) is 0 Å². The van der Waals surface area contributed by atoms with E-state index in [1.807, 2.05) is 6.20 Å². The van der Waals surface area contributed by atoms with Crippen molar-refractivity contribution >= 4 is 27.3 Å². The molecule has 4 heteroatoms. The number of rotatable bonds is 2. The molecule has 1 aliphatic heterocycles. The molecule has 0 bridgehead atoms. The van der Waals surface area contributed by atoms with Gasteiger partial charge in [-0.2, -0.15) is 0 Å². The van der Waals surface area contributed by atoms with Crippen molar-refractivity contribution in [2.75, 3.05) is 13.1 Å². The van der Waals surface area contributed by atoms with Gasteiger partial charge >= 0.3 is 0 Å². The van der Waals surface area contributed by atoms with Gasteiger partial charge in [-0.15, -0.1) is 11.3 Å². The first-order chi connectivity index (χ1) is 6.84. The fourth-order valence-corrected chi connectivity index (χ4v) is 2.98. The molecule has 2 rings (SSSR count). The molecular weight excluding hydrogens is 260 g/mol. The van der Waals surface area contributed by atoms with Gasteiger partial charge in [0.25, 0.3) is 0 Å². The molecule has 1 aliphatic rings. The van der Waals surface area contributed by atoms with E-state index in [0.717, 1.165) is 11.4 Å². The molecule has 0 aromatic carbocycles. The van der Waals surface area contributed by atoms with Gasteiger partial charge in [0.1, 0.15) is 5.01 Å². The second-order valence-corrected chi connectivity index (χ2v) is 6.00. The van der Waals surface area contributed by atoms with E-state index in [1.165, 1.54) is 37.4 Å². The van der Waals surface area contributed by atoms with E-state index in [1.54, 1.807) is 11.3 Å². The molecule has 0 N–H and O–H groups in total. The number of nitrogens with zero attached hydrogens (tertiary/aromatic N) is 2. The Hall–Kier alpha value is 0.0700. The molecule has 2 nitrogen and oxygen atoms in total. The third kappa shape index (κ3) is 3.04. The Labute approximate surface area is 97.5 Å². The molecule has 0 amide bonds. The Bertz CT molecular complexity index is 263. The normalized spacial score (nSPS) is 24.8. The Balaban J connectivity index is 1.86. The smallest absolute Gasteiger partial charge is 0.107 e. The lowest BCUT2D eigenvalue weighted by atomic mass is 10.2. The van der Waals surface area contributed by atoms with E-state index in [9.17, 15) is 0 Å². The van der Waals surface area contributed by atoms with Crippen LogP contribution in [0.1, 0.15) is 24.3 Å². The molecule has 0 spiro atoms. The highest BCUT2D eigenvalue weighted by atomic mass is 79.9. The first-order valence-electron chi connectivity index (χ1n) is 5.09. The van der Waals surface area contributed by atoms with Crippen molar-refractivity contribution < 1.29 is 0 Å². The van der Waals surface area contributed by atoms with Crippen molar-refractivity contribution in [3.8, 4) is 0 Å². The first-order valence-corrected chi connectivity index (χ1v) is 6.89. The quantitative estimate of drug-likeness (QED) is 0.771. The number of thiazole rings is 1. The monoisotopic (exact) mass is 274 g/mol. The molecule has 1 fully saturated rings. The van der Waals surface area contributed by atoms with Crippen LogP contribution >= 0.6 is 27.3 Å². The summed E-state index contributed by atoms with van der Waals surface area (Å²) < 4.78 is 0. The van der Waals surface area contributed by atoms with Gasteiger partial charge in [-0.25, -0.2) is 4.98 Å². The molecule has 0 saturated carbocycles. The number of hydrogen-bond donors (Lipinski definition) is 0. The van der Waals surface area contributed by atoms with Gasteiger partial charge in [-0.3, -0.25) is 4.90 Å². The summed E-state index contributed by atoms with van der Waals surface area (Å²) in [5, 5.41) is 3.30. The molecular formula is C10H15BrN2S. The lowest BCUT2D eigenvalue weighted by Gasteiger charge is -2.17. The van der Waals surface area contributed by atoms with E-state index < -0.39 is 0 Å². The minimum atomic E-state index is 0.726. The lowest BCUT2D eigenvalue weighted by Crippen LogP contribution is -2.24. The van der Waals surface area contributed by atoms with Gasteiger partial charge in [-0.1, -0.05) is 15.9 Å².